The van der Waals surface area contributed by atoms with Crippen molar-refractivity contribution in [3.05, 3.63) is 107 Å². The first-order valence-electron chi connectivity index (χ1n) is 9.32. The molecule has 0 aromatic heterocycles. The molecule has 1 atom stereocenters. The van der Waals surface area contributed by atoms with E-state index in [4.69, 9.17) is 0 Å². The molecule has 0 aliphatic heterocycles. The van der Waals surface area contributed by atoms with Crippen LogP contribution >= 0.6 is 0 Å². The molecule has 0 spiro atoms. The van der Waals surface area contributed by atoms with Crippen LogP contribution in [-0.4, -0.2) is 11.8 Å². The summed E-state index contributed by atoms with van der Waals surface area (Å²) in [5.74, 6) is -1.35. The van der Waals surface area contributed by atoms with Gasteiger partial charge in [-0.05, 0) is 72.7 Å². The Morgan fingerprint density at radius 3 is 2.00 bits per heavy atom. The van der Waals surface area contributed by atoms with Gasteiger partial charge in [0.1, 0.15) is 11.6 Å². The highest BCUT2D eigenvalue weighted by atomic mass is 19.1. The van der Waals surface area contributed by atoms with Gasteiger partial charge in [-0.15, -0.1) is 0 Å². The van der Waals surface area contributed by atoms with E-state index in [2.05, 4.69) is 10.6 Å². The highest BCUT2D eigenvalue weighted by Crippen LogP contribution is 2.17. The maximum Gasteiger partial charge on any atom is 0.255 e. The summed E-state index contributed by atoms with van der Waals surface area (Å²) in [5, 5.41) is 5.59. The lowest BCUT2D eigenvalue weighted by atomic mass is 10.1. The lowest BCUT2D eigenvalue weighted by Crippen LogP contribution is -2.24. The monoisotopic (exact) mass is 406 g/mol. The van der Waals surface area contributed by atoms with Gasteiger partial charge in [-0.1, -0.05) is 24.3 Å². The highest BCUT2D eigenvalue weighted by molar-refractivity contribution is 6.04. The molecule has 0 aliphatic carbocycles. The highest BCUT2D eigenvalue weighted by Gasteiger charge is 2.09. The number of rotatable bonds is 6. The van der Waals surface area contributed by atoms with Crippen LogP contribution in [0.4, 0.5) is 14.5 Å². The van der Waals surface area contributed by atoms with E-state index in [1.54, 1.807) is 42.5 Å². The zero-order chi connectivity index (χ0) is 21.5. The van der Waals surface area contributed by atoms with E-state index in [9.17, 15) is 18.4 Å². The summed E-state index contributed by atoms with van der Waals surface area (Å²) >= 11 is 0. The lowest BCUT2D eigenvalue weighted by Gasteiger charge is -2.14. The fourth-order valence-corrected chi connectivity index (χ4v) is 2.75. The third-order valence-corrected chi connectivity index (χ3v) is 4.43. The molecule has 3 aromatic rings. The minimum absolute atomic E-state index is 0.253. The van der Waals surface area contributed by atoms with Crippen LogP contribution in [-0.2, 0) is 4.79 Å². The van der Waals surface area contributed by atoms with Crippen molar-refractivity contribution < 1.29 is 18.4 Å². The molecule has 0 fully saturated rings. The quantitative estimate of drug-likeness (QED) is 0.559. The predicted molar refractivity (Wildman–Crippen MR) is 113 cm³/mol. The molecule has 0 saturated carbocycles. The molecule has 152 valence electrons. The zero-order valence-corrected chi connectivity index (χ0v) is 16.2. The van der Waals surface area contributed by atoms with Gasteiger partial charge in [0, 0.05) is 17.3 Å². The Bertz CT molecular complexity index is 1040. The second-order valence-electron chi connectivity index (χ2n) is 6.70. The first-order valence-corrected chi connectivity index (χ1v) is 9.32. The summed E-state index contributed by atoms with van der Waals surface area (Å²) in [4.78, 5) is 24.3. The van der Waals surface area contributed by atoms with Crippen molar-refractivity contribution in [1.29, 1.82) is 0 Å². The fourth-order valence-electron chi connectivity index (χ4n) is 2.75. The molecule has 2 amide bonds. The Labute approximate surface area is 173 Å². The number of carbonyl (C=O) groups excluding carboxylic acids is 2. The van der Waals surface area contributed by atoms with Crippen molar-refractivity contribution >= 4 is 23.6 Å². The average molecular weight is 406 g/mol. The molecule has 0 radical (unpaired) electrons. The first-order chi connectivity index (χ1) is 14.4. The molecule has 3 aromatic carbocycles. The van der Waals surface area contributed by atoms with E-state index in [0.29, 0.717) is 11.3 Å². The summed E-state index contributed by atoms with van der Waals surface area (Å²) in [7, 11) is 0. The topological polar surface area (TPSA) is 58.2 Å². The Balaban J connectivity index is 1.55. The molecular weight excluding hydrogens is 386 g/mol. The Hall–Kier alpha value is -3.80. The lowest BCUT2D eigenvalue weighted by molar-refractivity contribution is -0.117. The van der Waals surface area contributed by atoms with Gasteiger partial charge in [0.25, 0.3) is 5.91 Å². The van der Waals surface area contributed by atoms with Crippen LogP contribution in [0.2, 0.25) is 0 Å². The van der Waals surface area contributed by atoms with Crippen LogP contribution in [0.1, 0.15) is 34.5 Å². The molecule has 2 N–H and O–H groups in total. The van der Waals surface area contributed by atoms with Crippen LogP contribution in [0.3, 0.4) is 0 Å². The van der Waals surface area contributed by atoms with Crippen molar-refractivity contribution in [3.8, 4) is 0 Å². The van der Waals surface area contributed by atoms with Gasteiger partial charge in [0.2, 0.25) is 5.91 Å². The third kappa shape index (κ3) is 5.85. The normalized spacial score (nSPS) is 11.8. The van der Waals surface area contributed by atoms with Gasteiger partial charge < -0.3 is 10.6 Å². The number of halogens is 2. The molecule has 4 nitrogen and oxygen atoms in total. The second kappa shape index (κ2) is 9.60. The fraction of sp³-hybridized carbons (Fsp3) is 0.0833. The molecular formula is C24H20F2N2O2. The maximum absolute atomic E-state index is 13.0. The molecule has 1 unspecified atom stereocenters. The molecule has 3 rings (SSSR count). The standard InChI is InChI=1S/C24H20F2N2O2/c1-16(27-23(29)15-4-17-2-9-20(25)10-3-17)18-7-13-22(14-8-18)28-24(30)19-5-11-21(26)12-6-19/h2-16H,1H3,(H,27,29)(H,28,30)/b15-4+. The van der Waals surface area contributed by atoms with Crippen molar-refractivity contribution in [2.24, 2.45) is 0 Å². The Kier molecular flexibility index (Phi) is 6.70. The molecule has 6 heteroatoms. The minimum Gasteiger partial charge on any atom is -0.346 e. The van der Waals surface area contributed by atoms with Crippen molar-refractivity contribution in [1.82, 2.24) is 5.32 Å². The summed E-state index contributed by atoms with van der Waals surface area (Å²) in [6.45, 7) is 1.84. The number of hydrogen-bond donors (Lipinski definition) is 2. The van der Waals surface area contributed by atoms with Crippen LogP contribution in [0.25, 0.3) is 6.08 Å². The number of nitrogens with one attached hydrogen (secondary N) is 2. The molecule has 0 saturated heterocycles. The van der Waals surface area contributed by atoms with Crippen molar-refractivity contribution in [2.75, 3.05) is 5.32 Å². The largest absolute Gasteiger partial charge is 0.346 e. The van der Waals surface area contributed by atoms with Gasteiger partial charge in [0.15, 0.2) is 0 Å². The van der Waals surface area contributed by atoms with Crippen molar-refractivity contribution in [2.45, 2.75) is 13.0 Å². The average Bonchev–Trinajstić information content (AvgIpc) is 2.74. The number of carbonyl (C=O) groups is 2. The molecule has 0 aliphatic rings. The molecule has 0 bridgehead atoms. The van der Waals surface area contributed by atoms with E-state index in [1.165, 1.54) is 42.5 Å². The van der Waals surface area contributed by atoms with Crippen molar-refractivity contribution in [3.63, 3.8) is 0 Å². The maximum atomic E-state index is 13.0. The third-order valence-electron chi connectivity index (χ3n) is 4.43. The number of hydrogen-bond acceptors (Lipinski definition) is 2. The van der Waals surface area contributed by atoms with E-state index < -0.39 is 5.82 Å². The Morgan fingerprint density at radius 2 is 1.40 bits per heavy atom. The minimum atomic E-state index is -0.403. The van der Waals surface area contributed by atoms with Gasteiger partial charge in [-0.2, -0.15) is 0 Å². The van der Waals surface area contributed by atoms with Crippen LogP contribution in [0.15, 0.2) is 78.9 Å². The van der Waals surface area contributed by atoms with E-state index in [0.717, 1.165) is 11.1 Å². The Morgan fingerprint density at radius 1 is 0.833 bits per heavy atom. The number of amides is 2. The van der Waals surface area contributed by atoms with Gasteiger partial charge in [-0.3, -0.25) is 9.59 Å². The first kappa shape index (κ1) is 20.9. The van der Waals surface area contributed by atoms with E-state index >= 15 is 0 Å². The molecule has 30 heavy (non-hydrogen) atoms. The SMILES string of the molecule is CC(NC(=O)/C=C/c1ccc(F)cc1)c1ccc(NC(=O)c2ccc(F)cc2)cc1. The van der Waals surface area contributed by atoms with Crippen LogP contribution in [0, 0.1) is 11.6 Å². The van der Waals surface area contributed by atoms with Gasteiger partial charge in [0.05, 0.1) is 6.04 Å². The van der Waals surface area contributed by atoms with Crippen LogP contribution < -0.4 is 10.6 Å². The second-order valence-corrected chi connectivity index (χ2v) is 6.70. The zero-order valence-electron chi connectivity index (χ0n) is 16.2. The smallest absolute Gasteiger partial charge is 0.255 e. The summed E-state index contributed by atoms with van der Waals surface area (Å²) in [6.07, 6.45) is 3.00. The number of anilines is 1. The molecule has 0 heterocycles. The van der Waals surface area contributed by atoms with E-state index in [-0.39, 0.29) is 23.7 Å². The number of benzene rings is 3. The van der Waals surface area contributed by atoms with Gasteiger partial charge >= 0.3 is 0 Å². The summed E-state index contributed by atoms with van der Waals surface area (Å²) < 4.78 is 25.9. The summed E-state index contributed by atoms with van der Waals surface area (Å²) in [5.41, 5.74) is 2.52. The van der Waals surface area contributed by atoms with Gasteiger partial charge in [-0.25, -0.2) is 8.78 Å². The predicted octanol–water partition coefficient (Wildman–Crippen LogP) is 5.11. The van der Waals surface area contributed by atoms with E-state index in [1.807, 2.05) is 6.92 Å². The van der Waals surface area contributed by atoms with Crippen LogP contribution in [0.5, 0.6) is 0 Å². The summed E-state index contributed by atoms with van der Waals surface area (Å²) in [6, 6.07) is 17.9.